The van der Waals surface area contributed by atoms with Gasteiger partial charge in [0, 0.05) is 19.3 Å². The third-order valence-electron chi connectivity index (χ3n) is 2.78. The number of rotatable bonds is 7. The van der Waals surface area contributed by atoms with Gasteiger partial charge in [-0.2, -0.15) is 0 Å². The molecule has 2 heteroatoms. The lowest BCUT2D eigenvalue weighted by Gasteiger charge is -2.09. The van der Waals surface area contributed by atoms with Gasteiger partial charge in [0.2, 0.25) is 0 Å². The van der Waals surface area contributed by atoms with Crippen LogP contribution in [0.2, 0.25) is 0 Å². The summed E-state index contributed by atoms with van der Waals surface area (Å²) in [6.45, 7) is 11.6. The van der Waals surface area contributed by atoms with Crippen LogP contribution in [0.4, 0.5) is 0 Å². The zero-order valence-electron chi connectivity index (χ0n) is 11.0. The van der Waals surface area contributed by atoms with Gasteiger partial charge in [-0.05, 0) is 12.3 Å². The molecule has 15 heavy (non-hydrogen) atoms. The highest BCUT2D eigenvalue weighted by molar-refractivity contribution is 5.51. The molecule has 0 rings (SSSR count). The highest BCUT2D eigenvalue weighted by Crippen LogP contribution is 2.08. The highest BCUT2D eigenvalue weighted by Gasteiger charge is 2.12. The van der Waals surface area contributed by atoms with Crippen molar-refractivity contribution in [1.29, 1.82) is 0 Å². The van der Waals surface area contributed by atoms with Crippen molar-refractivity contribution in [2.75, 3.05) is 6.54 Å². The van der Waals surface area contributed by atoms with Gasteiger partial charge in [0.1, 0.15) is 12.8 Å². The van der Waals surface area contributed by atoms with E-state index in [4.69, 9.17) is 0 Å². The summed E-state index contributed by atoms with van der Waals surface area (Å²) in [5.74, 6) is 1.38. The van der Waals surface area contributed by atoms with E-state index < -0.39 is 0 Å². The summed E-state index contributed by atoms with van der Waals surface area (Å²) in [6, 6.07) is 0. The van der Waals surface area contributed by atoms with E-state index in [1.807, 2.05) is 11.5 Å². The van der Waals surface area contributed by atoms with E-state index in [1.165, 1.54) is 12.8 Å². The smallest absolute Gasteiger partial charge is 0.251 e. The molecular weight excluding hydrogens is 186 g/mol. The lowest BCUT2D eigenvalue weighted by atomic mass is 10.0. The summed E-state index contributed by atoms with van der Waals surface area (Å²) in [4.78, 5) is 0. The Hall–Kier alpha value is -0.370. The van der Waals surface area contributed by atoms with Crippen LogP contribution in [0.5, 0.6) is 0 Å². The van der Waals surface area contributed by atoms with Crippen LogP contribution in [0, 0.1) is 11.8 Å². The van der Waals surface area contributed by atoms with Gasteiger partial charge in [-0.1, -0.05) is 34.1 Å². The molecule has 90 valence electrons. The predicted molar refractivity (Wildman–Crippen MR) is 66.4 cm³/mol. The average molecular weight is 214 g/mol. The summed E-state index contributed by atoms with van der Waals surface area (Å²) >= 11 is 0. The van der Waals surface area contributed by atoms with Crippen LogP contribution in [-0.2, 0) is 0 Å². The minimum atomic E-state index is -0.357. The molecule has 0 heterocycles. The first-order valence-electron chi connectivity index (χ1n) is 6.24. The largest absolute Gasteiger partial charge is 0.337 e. The Labute approximate surface area is 95.0 Å². The second kappa shape index (κ2) is 7.86. The molecule has 0 bridgehead atoms. The van der Waals surface area contributed by atoms with Gasteiger partial charge in [0.15, 0.2) is 0 Å². The summed E-state index contributed by atoms with van der Waals surface area (Å²) in [5.41, 5.74) is 0. The standard InChI is InChI=1S/C13H28NO/c1-6-12(4)8-7-9-14(13(5)15)10-11(2)3/h9,11-13,15H,6-8,10H2,1-5H3/q+1/b14-9-. The normalized spacial score (nSPS) is 16.9. The number of aliphatic hydroxyl groups excluding tert-OH is 1. The quantitative estimate of drug-likeness (QED) is 0.393. The maximum Gasteiger partial charge on any atom is 0.251 e. The highest BCUT2D eigenvalue weighted by atomic mass is 16.3. The fourth-order valence-corrected chi connectivity index (χ4v) is 1.53. The third-order valence-corrected chi connectivity index (χ3v) is 2.78. The van der Waals surface area contributed by atoms with Gasteiger partial charge in [-0.15, -0.1) is 0 Å². The average Bonchev–Trinajstić information content (AvgIpc) is 2.15. The molecule has 0 saturated carbocycles. The lowest BCUT2D eigenvalue weighted by molar-refractivity contribution is -0.606. The molecule has 0 aromatic heterocycles. The first-order valence-corrected chi connectivity index (χ1v) is 6.24. The van der Waals surface area contributed by atoms with Crippen LogP contribution in [0.25, 0.3) is 0 Å². The van der Waals surface area contributed by atoms with E-state index in [-0.39, 0.29) is 6.23 Å². The van der Waals surface area contributed by atoms with E-state index in [9.17, 15) is 5.11 Å². The van der Waals surface area contributed by atoms with Crippen molar-refractivity contribution in [2.45, 2.75) is 60.1 Å². The maximum atomic E-state index is 9.58. The van der Waals surface area contributed by atoms with Crippen molar-refractivity contribution in [3.63, 3.8) is 0 Å². The summed E-state index contributed by atoms with van der Waals surface area (Å²) < 4.78 is 2.05. The molecule has 0 aliphatic heterocycles. The lowest BCUT2D eigenvalue weighted by Crippen LogP contribution is -2.27. The molecular formula is C13H28NO+. The van der Waals surface area contributed by atoms with Crippen LogP contribution in [-0.4, -0.2) is 28.7 Å². The van der Waals surface area contributed by atoms with Gasteiger partial charge < -0.3 is 5.11 Å². The fraction of sp³-hybridized carbons (Fsp3) is 0.923. The van der Waals surface area contributed by atoms with Gasteiger partial charge in [-0.25, -0.2) is 4.58 Å². The summed E-state index contributed by atoms with van der Waals surface area (Å²) in [5, 5.41) is 9.58. The van der Waals surface area contributed by atoms with E-state index in [0.717, 1.165) is 18.9 Å². The van der Waals surface area contributed by atoms with Gasteiger partial charge in [0.05, 0.1) is 0 Å². The topological polar surface area (TPSA) is 23.2 Å². The third kappa shape index (κ3) is 7.55. The Bertz CT molecular complexity index is 185. The molecule has 0 saturated heterocycles. The summed E-state index contributed by atoms with van der Waals surface area (Å²) in [7, 11) is 0. The second-order valence-corrected chi connectivity index (χ2v) is 5.00. The molecule has 0 aromatic rings. The van der Waals surface area contributed by atoms with Gasteiger partial charge in [0.25, 0.3) is 6.23 Å². The van der Waals surface area contributed by atoms with Crippen LogP contribution in [0.3, 0.4) is 0 Å². The van der Waals surface area contributed by atoms with E-state index in [2.05, 4.69) is 33.9 Å². The molecule has 0 spiro atoms. The van der Waals surface area contributed by atoms with Crippen LogP contribution in [0.1, 0.15) is 53.9 Å². The first kappa shape index (κ1) is 14.6. The molecule has 0 radical (unpaired) electrons. The monoisotopic (exact) mass is 214 g/mol. The Kier molecular flexibility index (Phi) is 7.67. The van der Waals surface area contributed by atoms with Crippen molar-refractivity contribution >= 4 is 6.21 Å². The van der Waals surface area contributed by atoms with Crippen molar-refractivity contribution in [2.24, 2.45) is 11.8 Å². The van der Waals surface area contributed by atoms with Gasteiger partial charge >= 0.3 is 0 Å². The fourth-order valence-electron chi connectivity index (χ4n) is 1.53. The molecule has 0 aliphatic rings. The molecule has 2 atom stereocenters. The molecule has 0 amide bonds. The minimum Gasteiger partial charge on any atom is -0.337 e. The van der Waals surface area contributed by atoms with Crippen molar-refractivity contribution in [3.8, 4) is 0 Å². The van der Waals surface area contributed by atoms with Crippen LogP contribution < -0.4 is 0 Å². The summed E-state index contributed by atoms with van der Waals surface area (Å²) in [6.07, 6.45) is 5.35. The maximum absolute atomic E-state index is 9.58. The van der Waals surface area contributed by atoms with Crippen LogP contribution >= 0.6 is 0 Å². The van der Waals surface area contributed by atoms with Crippen molar-refractivity contribution < 1.29 is 9.68 Å². The van der Waals surface area contributed by atoms with Crippen LogP contribution in [0.15, 0.2) is 0 Å². The number of hydrogen-bond donors (Lipinski definition) is 1. The number of aliphatic hydroxyl groups is 1. The Balaban J connectivity index is 4.06. The minimum absolute atomic E-state index is 0.357. The van der Waals surface area contributed by atoms with Crippen molar-refractivity contribution in [1.82, 2.24) is 0 Å². The molecule has 2 unspecified atom stereocenters. The zero-order chi connectivity index (χ0) is 11.8. The second-order valence-electron chi connectivity index (χ2n) is 5.00. The zero-order valence-corrected chi connectivity index (χ0v) is 11.0. The molecule has 1 N–H and O–H groups in total. The SMILES string of the molecule is CCC(C)CC/C=[N+](/CC(C)C)C(C)O. The molecule has 2 nitrogen and oxygen atoms in total. The molecule has 0 aromatic carbocycles. The Morgan fingerprint density at radius 1 is 1.20 bits per heavy atom. The van der Waals surface area contributed by atoms with E-state index in [1.54, 1.807) is 0 Å². The van der Waals surface area contributed by atoms with Gasteiger partial charge in [-0.3, -0.25) is 0 Å². The number of hydrogen-bond acceptors (Lipinski definition) is 1. The Morgan fingerprint density at radius 2 is 1.80 bits per heavy atom. The first-order chi connectivity index (χ1) is 6.97. The molecule has 0 aliphatic carbocycles. The van der Waals surface area contributed by atoms with Crippen molar-refractivity contribution in [3.05, 3.63) is 0 Å². The molecule has 0 fully saturated rings. The van der Waals surface area contributed by atoms with E-state index >= 15 is 0 Å². The Morgan fingerprint density at radius 3 is 2.20 bits per heavy atom. The number of nitrogens with zero attached hydrogens (tertiary/aromatic N) is 1. The predicted octanol–water partition coefficient (Wildman–Crippen LogP) is 2.89. The van der Waals surface area contributed by atoms with E-state index in [0.29, 0.717) is 5.92 Å².